The number of benzene rings is 4. The van der Waals surface area contributed by atoms with Gasteiger partial charge in [-0.25, -0.2) is 0 Å². The van der Waals surface area contributed by atoms with Gasteiger partial charge in [-0.2, -0.15) is 0 Å². The molecule has 0 aromatic heterocycles. The van der Waals surface area contributed by atoms with Crippen LogP contribution in [0.1, 0.15) is 71.8 Å². The van der Waals surface area contributed by atoms with E-state index < -0.39 is 11.6 Å². The van der Waals surface area contributed by atoms with Gasteiger partial charge in [0.2, 0.25) is 0 Å². The zero-order valence-electron chi connectivity index (χ0n) is 30.1. The number of ether oxygens (including phenoxy) is 2. The number of aliphatic carboxylic acids is 1. The third-order valence-corrected chi connectivity index (χ3v) is 9.53. The molecule has 1 saturated heterocycles. The number of carboxylic acids is 1. The fraction of sp³-hybridized carbons (Fsp3) is 0.366. The van der Waals surface area contributed by atoms with Crippen molar-refractivity contribution in [2.75, 3.05) is 29.1 Å². The summed E-state index contributed by atoms with van der Waals surface area (Å²) in [6.45, 7) is 13.3. The molecule has 0 unspecified atom stereocenters. The van der Waals surface area contributed by atoms with E-state index in [1.807, 2.05) is 62.6 Å². The summed E-state index contributed by atoms with van der Waals surface area (Å²) in [5.41, 5.74) is 10.9. The van der Waals surface area contributed by atoms with E-state index in [9.17, 15) is 14.7 Å². The van der Waals surface area contributed by atoms with E-state index in [4.69, 9.17) is 14.6 Å². The van der Waals surface area contributed by atoms with Crippen LogP contribution in [0.2, 0.25) is 0 Å². The number of hydrogen-bond acceptors (Lipinski definition) is 7. The molecule has 0 saturated carbocycles. The first-order valence-electron chi connectivity index (χ1n) is 17.0. The van der Waals surface area contributed by atoms with Crippen molar-refractivity contribution in [1.29, 1.82) is 0 Å². The Balaban J connectivity index is 0.000000908. The van der Waals surface area contributed by atoms with E-state index in [0.717, 1.165) is 68.6 Å². The monoisotopic (exact) mass is 696 g/mol. The third kappa shape index (κ3) is 8.70. The number of aliphatic hydroxyl groups is 1. The maximum atomic E-state index is 13.6. The number of nitrogens with one attached hydrogen (secondary N) is 1. The second-order valence-electron chi connectivity index (χ2n) is 13.9. The fourth-order valence-corrected chi connectivity index (χ4v) is 7.19. The number of carbonyl (C=O) groups excluding carboxylic acids is 1. The summed E-state index contributed by atoms with van der Waals surface area (Å²) in [5.74, 6) is -0.398. The van der Waals surface area contributed by atoms with Crippen molar-refractivity contribution >= 4 is 35.2 Å². The second-order valence-corrected chi connectivity index (χ2v) is 14.7. The SMILES string of the molecule is CC(C)(C)O.CSN1Cc2cc(C(=O)Nc3ccccc3OC3CCOCC3)ccc2-c2c(C)c(-c3ccc(C)cc3)c(CC(=O)O)c(C)c21. The highest BCUT2D eigenvalue weighted by molar-refractivity contribution is 7.99. The Morgan fingerprint density at radius 3 is 2.26 bits per heavy atom. The number of rotatable bonds is 8. The van der Waals surface area contributed by atoms with Gasteiger partial charge in [-0.05, 0) is 105 Å². The minimum atomic E-state index is -0.854. The van der Waals surface area contributed by atoms with Crippen molar-refractivity contribution in [2.45, 2.75) is 79.1 Å². The normalized spacial score (nSPS) is 14.2. The number of amides is 1. The summed E-state index contributed by atoms with van der Waals surface area (Å²) in [6, 6.07) is 21.7. The van der Waals surface area contributed by atoms with Crippen LogP contribution < -0.4 is 14.4 Å². The predicted octanol–water partition coefficient (Wildman–Crippen LogP) is 8.76. The molecule has 9 heteroatoms. The molecule has 1 fully saturated rings. The van der Waals surface area contributed by atoms with Crippen LogP contribution >= 0.6 is 11.9 Å². The van der Waals surface area contributed by atoms with Crippen molar-refractivity contribution < 1.29 is 29.3 Å². The highest BCUT2D eigenvalue weighted by Crippen LogP contribution is 2.50. The first-order valence-corrected chi connectivity index (χ1v) is 18.2. The molecule has 4 aromatic carbocycles. The van der Waals surface area contributed by atoms with Crippen molar-refractivity contribution in [3.63, 3.8) is 0 Å². The maximum absolute atomic E-state index is 13.6. The first-order chi connectivity index (χ1) is 23.7. The minimum Gasteiger partial charge on any atom is -0.488 e. The van der Waals surface area contributed by atoms with Crippen LogP contribution in [0.5, 0.6) is 5.75 Å². The van der Waals surface area contributed by atoms with Crippen molar-refractivity contribution in [2.24, 2.45) is 0 Å². The Morgan fingerprint density at radius 1 is 0.960 bits per heavy atom. The van der Waals surface area contributed by atoms with Gasteiger partial charge in [-0.3, -0.25) is 9.59 Å². The van der Waals surface area contributed by atoms with Gasteiger partial charge in [0.25, 0.3) is 5.91 Å². The minimum absolute atomic E-state index is 0.0585. The predicted molar refractivity (Wildman–Crippen MR) is 203 cm³/mol. The van der Waals surface area contributed by atoms with Crippen LogP contribution in [0.3, 0.4) is 0 Å². The standard InChI is InChI=1S/C37H38N2O5S.C4H10O/c1-22-9-11-25(12-10-22)34-24(3)35-29-14-13-26(19-27(29)21-39(45-4)36(35)23(2)30(34)20-33(40)41)37(42)38-31-7-5-6-8-32(31)44-28-15-17-43-18-16-28;1-4(2,3)5/h5-14,19,28H,15-18,20-21H2,1-4H3,(H,38,42)(H,40,41);5H,1-3H3. The molecule has 4 aromatic rings. The van der Waals surface area contributed by atoms with Crippen LogP contribution in [0.15, 0.2) is 66.7 Å². The summed E-state index contributed by atoms with van der Waals surface area (Å²) in [5, 5.41) is 21.5. The van der Waals surface area contributed by atoms with E-state index in [1.165, 1.54) is 0 Å². The number of aryl methyl sites for hydroxylation is 1. The number of anilines is 2. The second kappa shape index (κ2) is 15.7. The van der Waals surface area contributed by atoms with E-state index in [0.29, 0.717) is 36.8 Å². The number of hydrogen-bond donors (Lipinski definition) is 3. The third-order valence-electron chi connectivity index (χ3n) is 8.78. The highest BCUT2D eigenvalue weighted by Gasteiger charge is 2.31. The van der Waals surface area contributed by atoms with Gasteiger partial charge in [-0.1, -0.05) is 60.0 Å². The quantitative estimate of drug-likeness (QED) is 0.157. The lowest BCUT2D eigenvalue weighted by molar-refractivity contribution is -0.136. The van der Waals surface area contributed by atoms with E-state index in [2.05, 4.69) is 40.8 Å². The van der Waals surface area contributed by atoms with Crippen LogP contribution in [0.4, 0.5) is 11.4 Å². The van der Waals surface area contributed by atoms with Gasteiger partial charge in [-0.15, -0.1) is 0 Å². The van der Waals surface area contributed by atoms with E-state index in [1.54, 1.807) is 32.7 Å². The lowest BCUT2D eigenvalue weighted by atomic mass is 9.80. The van der Waals surface area contributed by atoms with Crippen molar-refractivity contribution in [3.05, 3.63) is 100 Å². The zero-order chi connectivity index (χ0) is 36.2. The number of carboxylic acid groups (broad SMARTS) is 1. The highest BCUT2D eigenvalue weighted by atomic mass is 32.2. The van der Waals surface area contributed by atoms with Crippen LogP contribution in [0.25, 0.3) is 22.3 Å². The summed E-state index contributed by atoms with van der Waals surface area (Å²) in [4.78, 5) is 25.7. The van der Waals surface area contributed by atoms with Crippen LogP contribution in [0, 0.1) is 20.8 Å². The first kappa shape index (κ1) is 37.0. The van der Waals surface area contributed by atoms with Gasteiger partial charge in [0.1, 0.15) is 11.9 Å². The lowest BCUT2D eigenvalue weighted by Gasteiger charge is -2.36. The smallest absolute Gasteiger partial charge is 0.307 e. The molecule has 6 rings (SSSR count). The van der Waals surface area contributed by atoms with E-state index in [-0.39, 0.29) is 18.4 Å². The number of nitrogens with zero attached hydrogens (tertiary/aromatic N) is 1. The number of fused-ring (bicyclic) bond motifs is 3. The van der Waals surface area contributed by atoms with Crippen molar-refractivity contribution in [3.8, 4) is 28.0 Å². The molecular formula is C41H48N2O6S. The Morgan fingerprint density at radius 2 is 1.62 bits per heavy atom. The summed E-state index contributed by atoms with van der Waals surface area (Å²) in [6.07, 6.45) is 3.67. The van der Waals surface area contributed by atoms with Crippen molar-refractivity contribution in [1.82, 2.24) is 0 Å². The number of carbonyl (C=O) groups is 2. The molecule has 2 aliphatic heterocycles. The molecule has 0 atom stereocenters. The van der Waals surface area contributed by atoms with Gasteiger partial charge >= 0.3 is 5.97 Å². The topological polar surface area (TPSA) is 108 Å². The fourth-order valence-electron chi connectivity index (χ4n) is 6.51. The molecule has 3 N–H and O–H groups in total. The Bertz CT molecular complexity index is 1850. The molecule has 8 nitrogen and oxygen atoms in total. The van der Waals surface area contributed by atoms with E-state index >= 15 is 0 Å². The largest absolute Gasteiger partial charge is 0.488 e. The molecule has 0 spiro atoms. The van der Waals surface area contributed by atoms with Gasteiger partial charge in [0, 0.05) is 30.2 Å². The molecule has 0 aliphatic carbocycles. The average Bonchev–Trinajstić information content (AvgIpc) is 3.07. The molecule has 2 heterocycles. The Kier molecular flexibility index (Phi) is 11.6. The molecule has 0 bridgehead atoms. The molecule has 0 radical (unpaired) electrons. The maximum Gasteiger partial charge on any atom is 0.307 e. The number of para-hydroxylation sites is 2. The van der Waals surface area contributed by atoms with Gasteiger partial charge < -0.3 is 29.3 Å². The Hall–Kier alpha value is -4.31. The summed E-state index contributed by atoms with van der Waals surface area (Å²) in [7, 11) is 0. The molecule has 1 amide bonds. The molecule has 264 valence electrons. The molecule has 50 heavy (non-hydrogen) atoms. The van der Waals surface area contributed by atoms with Gasteiger partial charge in [0.05, 0.1) is 43.2 Å². The summed E-state index contributed by atoms with van der Waals surface area (Å²) >= 11 is 1.60. The van der Waals surface area contributed by atoms with Crippen LogP contribution in [-0.4, -0.2) is 53.3 Å². The summed E-state index contributed by atoms with van der Waals surface area (Å²) < 4.78 is 13.9. The lowest BCUT2D eigenvalue weighted by Crippen LogP contribution is -2.26. The van der Waals surface area contributed by atoms with Gasteiger partial charge in [0.15, 0.2) is 0 Å². The molecule has 2 aliphatic rings. The zero-order valence-corrected chi connectivity index (χ0v) is 30.9. The van der Waals surface area contributed by atoms with Crippen LogP contribution in [-0.2, 0) is 22.5 Å². The average molecular weight is 697 g/mol. The molecular weight excluding hydrogens is 649 g/mol. The Labute approximate surface area is 300 Å².